The minimum Gasteiger partial charge on any atom is -0.397 e. The first-order valence-corrected chi connectivity index (χ1v) is 5.10. The predicted octanol–water partition coefficient (Wildman–Crippen LogP) is 1.78. The zero-order valence-electron chi connectivity index (χ0n) is 9.91. The van der Waals surface area contributed by atoms with Crippen LogP contribution in [0.3, 0.4) is 0 Å². The summed E-state index contributed by atoms with van der Waals surface area (Å²) in [4.78, 5) is 1.97. The number of benzene rings is 1. The van der Waals surface area contributed by atoms with Gasteiger partial charge in [-0.25, -0.2) is 0 Å². The fourth-order valence-electron chi connectivity index (χ4n) is 1.66. The maximum Gasteiger partial charge on any atom is 0.0765 e. The normalized spacial score (nSPS) is 11.5. The molecule has 0 aliphatic heterocycles. The molecule has 0 aliphatic rings. The monoisotopic (exact) mass is 208 g/mol. The number of rotatable bonds is 3. The fourth-order valence-corrected chi connectivity index (χ4v) is 1.66. The van der Waals surface area contributed by atoms with Gasteiger partial charge in [0.15, 0.2) is 0 Å². The molecule has 1 rings (SSSR count). The summed E-state index contributed by atoms with van der Waals surface area (Å²) in [5.74, 6) is 0. The van der Waals surface area contributed by atoms with Crippen molar-refractivity contribution in [2.75, 3.05) is 24.2 Å². The van der Waals surface area contributed by atoms with E-state index in [1.165, 1.54) is 0 Å². The highest BCUT2D eigenvalue weighted by Gasteiger charge is 2.17. The van der Waals surface area contributed by atoms with Crippen molar-refractivity contribution < 1.29 is 5.11 Å². The molecule has 0 aromatic heterocycles. The van der Waals surface area contributed by atoms with Gasteiger partial charge in [-0.05, 0) is 32.4 Å². The van der Waals surface area contributed by atoms with E-state index in [9.17, 15) is 5.11 Å². The number of anilines is 2. The van der Waals surface area contributed by atoms with Crippen molar-refractivity contribution >= 4 is 11.4 Å². The molecule has 1 aromatic rings. The minimum absolute atomic E-state index is 0.556. The highest BCUT2D eigenvalue weighted by Crippen LogP contribution is 2.26. The van der Waals surface area contributed by atoms with Gasteiger partial charge < -0.3 is 15.7 Å². The quantitative estimate of drug-likeness (QED) is 0.744. The lowest BCUT2D eigenvalue weighted by Gasteiger charge is -2.28. The number of likely N-dealkylation sites (N-methyl/N-ethyl adjacent to an activating group) is 1. The molecule has 0 radical (unpaired) electrons. The average molecular weight is 208 g/mol. The molecule has 3 heteroatoms. The number of aliphatic hydroxyl groups is 1. The summed E-state index contributed by atoms with van der Waals surface area (Å²) >= 11 is 0. The molecule has 0 heterocycles. The Labute approximate surface area is 91.5 Å². The second-order valence-corrected chi connectivity index (χ2v) is 4.68. The molecule has 0 bridgehead atoms. The summed E-state index contributed by atoms with van der Waals surface area (Å²) in [5.41, 5.74) is 8.08. The Bertz CT molecular complexity index is 342. The zero-order chi connectivity index (χ0) is 11.6. The largest absolute Gasteiger partial charge is 0.397 e. The standard InChI is InChI=1S/C12H20N2O/c1-9-6-5-7-10(11(9)13)14(4)8-12(2,3)15/h5-7,15H,8,13H2,1-4H3. The van der Waals surface area contributed by atoms with Crippen LogP contribution in [0, 0.1) is 6.92 Å². The summed E-state index contributed by atoms with van der Waals surface area (Å²) < 4.78 is 0. The molecular formula is C12H20N2O. The number of hydrogen-bond acceptors (Lipinski definition) is 3. The van der Waals surface area contributed by atoms with Gasteiger partial charge in [-0.2, -0.15) is 0 Å². The SMILES string of the molecule is Cc1cccc(N(C)CC(C)(C)O)c1N. The van der Waals surface area contributed by atoms with Crippen molar-refractivity contribution in [3.63, 3.8) is 0 Å². The van der Waals surface area contributed by atoms with E-state index in [4.69, 9.17) is 5.73 Å². The van der Waals surface area contributed by atoms with E-state index < -0.39 is 5.60 Å². The number of nitrogens with two attached hydrogens (primary N) is 1. The van der Waals surface area contributed by atoms with Crippen LogP contribution in [0.1, 0.15) is 19.4 Å². The van der Waals surface area contributed by atoms with Gasteiger partial charge >= 0.3 is 0 Å². The van der Waals surface area contributed by atoms with Crippen molar-refractivity contribution in [1.29, 1.82) is 0 Å². The van der Waals surface area contributed by atoms with Gasteiger partial charge in [-0.15, -0.1) is 0 Å². The molecule has 84 valence electrons. The Morgan fingerprint density at radius 1 is 1.40 bits per heavy atom. The van der Waals surface area contributed by atoms with Crippen LogP contribution in [0.2, 0.25) is 0 Å². The maximum absolute atomic E-state index is 9.73. The molecule has 1 aromatic carbocycles. The van der Waals surface area contributed by atoms with Crippen LogP contribution < -0.4 is 10.6 Å². The van der Waals surface area contributed by atoms with E-state index >= 15 is 0 Å². The van der Waals surface area contributed by atoms with Crippen LogP contribution in [-0.4, -0.2) is 24.3 Å². The Balaban J connectivity index is 2.92. The Morgan fingerprint density at radius 2 is 2.00 bits per heavy atom. The first-order valence-electron chi connectivity index (χ1n) is 5.10. The van der Waals surface area contributed by atoms with Gasteiger partial charge in [-0.3, -0.25) is 0 Å². The number of aryl methyl sites for hydroxylation is 1. The highest BCUT2D eigenvalue weighted by molar-refractivity contribution is 5.70. The Hall–Kier alpha value is -1.22. The lowest BCUT2D eigenvalue weighted by Crippen LogP contribution is -2.36. The number of nitrogen functional groups attached to an aromatic ring is 1. The van der Waals surface area contributed by atoms with Crippen molar-refractivity contribution in [3.05, 3.63) is 23.8 Å². The number of para-hydroxylation sites is 1. The lowest BCUT2D eigenvalue weighted by molar-refractivity contribution is 0.0886. The molecule has 0 aliphatic carbocycles. The summed E-state index contributed by atoms with van der Waals surface area (Å²) in [6.07, 6.45) is 0. The van der Waals surface area contributed by atoms with Crippen molar-refractivity contribution in [3.8, 4) is 0 Å². The third-order valence-corrected chi connectivity index (χ3v) is 2.34. The molecule has 0 unspecified atom stereocenters. The second-order valence-electron chi connectivity index (χ2n) is 4.68. The topological polar surface area (TPSA) is 49.5 Å². The van der Waals surface area contributed by atoms with Gasteiger partial charge in [-0.1, -0.05) is 12.1 Å². The summed E-state index contributed by atoms with van der Waals surface area (Å²) in [5, 5.41) is 9.73. The molecule has 0 amide bonds. The molecule has 3 N–H and O–H groups in total. The number of hydrogen-bond donors (Lipinski definition) is 2. The van der Waals surface area contributed by atoms with Gasteiger partial charge in [0.25, 0.3) is 0 Å². The van der Waals surface area contributed by atoms with E-state index in [1.54, 1.807) is 13.8 Å². The van der Waals surface area contributed by atoms with Gasteiger partial charge in [0.05, 0.1) is 17.0 Å². The molecule has 0 saturated carbocycles. The van der Waals surface area contributed by atoms with Crippen molar-refractivity contribution in [2.24, 2.45) is 0 Å². The van der Waals surface area contributed by atoms with E-state index in [-0.39, 0.29) is 0 Å². The van der Waals surface area contributed by atoms with Crippen LogP contribution >= 0.6 is 0 Å². The first-order chi connectivity index (χ1) is 6.81. The minimum atomic E-state index is -0.717. The van der Waals surface area contributed by atoms with Crippen LogP contribution in [0.25, 0.3) is 0 Å². The molecular weight excluding hydrogens is 188 g/mol. The zero-order valence-corrected chi connectivity index (χ0v) is 9.91. The van der Waals surface area contributed by atoms with Crippen LogP contribution in [0.4, 0.5) is 11.4 Å². The first kappa shape index (κ1) is 11.9. The lowest BCUT2D eigenvalue weighted by atomic mass is 10.1. The molecule has 0 spiro atoms. The highest BCUT2D eigenvalue weighted by atomic mass is 16.3. The van der Waals surface area contributed by atoms with E-state index in [1.807, 2.05) is 37.1 Å². The van der Waals surface area contributed by atoms with Gasteiger partial charge in [0, 0.05) is 13.6 Å². The maximum atomic E-state index is 9.73. The third kappa shape index (κ3) is 3.13. The van der Waals surface area contributed by atoms with Crippen molar-refractivity contribution in [2.45, 2.75) is 26.4 Å². The smallest absolute Gasteiger partial charge is 0.0765 e. The summed E-state index contributed by atoms with van der Waals surface area (Å²) in [6, 6.07) is 5.92. The predicted molar refractivity (Wildman–Crippen MR) is 65.2 cm³/mol. The van der Waals surface area contributed by atoms with Crippen LogP contribution in [0.5, 0.6) is 0 Å². The second kappa shape index (κ2) is 4.11. The van der Waals surface area contributed by atoms with Gasteiger partial charge in [0.2, 0.25) is 0 Å². The van der Waals surface area contributed by atoms with E-state index in [2.05, 4.69) is 0 Å². The summed E-state index contributed by atoms with van der Waals surface area (Å²) in [6.45, 7) is 6.11. The Kier molecular flexibility index (Phi) is 3.25. The van der Waals surface area contributed by atoms with E-state index in [0.29, 0.717) is 6.54 Å². The van der Waals surface area contributed by atoms with Crippen molar-refractivity contribution in [1.82, 2.24) is 0 Å². The van der Waals surface area contributed by atoms with Crippen LogP contribution in [0.15, 0.2) is 18.2 Å². The average Bonchev–Trinajstić information content (AvgIpc) is 2.06. The fraction of sp³-hybridized carbons (Fsp3) is 0.500. The van der Waals surface area contributed by atoms with Gasteiger partial charge in [0.1, 0.15) is 0 Å². The summed E-state index contributed by atoms with van der Waals surface area (Å²) in [7, 11) is 1.93. The molecule has 3 nitrogen and oxygen atoms in total. The van der Waals surface area contributed by atoms with E-state index in [0.717, 1.165) is 16.9 Å². The molecule has 15 heavy (non-hydrogen) atoms. The molecule has 0 atom stereocenters. The molecule has 0 saturated heterocycles. The number of nitrogens with zero attached hydrogens (tertiary/aromatic N) is 1. The third-order valence-electron chi connectivity index (χ3n) is 2.34. The van der Waals surface area contributed by atoms with Crippen LogP contribution in [-0.2, 0) is 0 Å². The Morgan fingerprint density at radius 3 is 2.53 bits per heavy atom. The molecule has 0 fully saturated rings.